The Bertz CT molecular complexity index is 2020. The number of benzene rings is 2. The molecule has 0 radical (unpaired) electrons. The van der Waals surface area contributed by atoms with Gasteiger partial charge in [0.05, 0.1) is 17.0 Å². The fraction of sp³-hybridized carbons (Fsp3) is 0.400. The lowest BCUT2D eigenvalue weighted by Crippen LogP contribution is -2.48. The maximum atomic E-state index is 13.4. The van der Waals surface area contributed by atoms with Crippen molar-refractivity contribution in [3.8, 4) is 5.82 Å². The molecule has 0 unspecified atom stereocenters. The molecule has 0 aliphatic carbocycles. The van der Waals surface area contributed by atoms with Crippen LogP contribution in [-0.2, 0) is 24.2 Å². The predicted octanol–water partition coefficient (Wildman–Crippen LogP) is 8.44. The van der Waals surface area contributed by atoms with Gasteiger partial charge in [-0.25, -0.2) is 27.7 Å². The van der Waals surface area contributed by atoms with Gasteiger partial charge in [0.25, 0.3) is 10.0 Å². The van der Waals surface area contributed by atoms with Crippen LogP contribution >= 0.6 is 23.2 Å². The number of sulfonamides is 1. The molecular formula is C35H42Cl2N6O8S. The van der Waals surface area contributed by atoms with Crippen molar-refractivity contribution in [1.29, 1.82) is 0 Å². The Morgan fingerprint density at radius 3 is 1.90 bits per heavy atom. The molecule has 0 saturated heterocycles. The number of anilines is 2. The van der Waals surface area contributed by atoms with Crippen molar-refractivity contribution in [2.45, 2.75) is 84.0 Å². The molecule has 4 aromatic rings. The van der Waals surface area contributed by atoms with Gasteiger partial charge in [-0.15, -0.1) is 10.2 Å². The van der Waals surface area contributed by atoms with E-state index in [-0.39, 0.29) is 33.9 Å². The largest absolute Gasteiger partial charge is 0.447 e. The molecule has 14 nitrogen and oxygen atoms in total. The van der Waals surface area contributed by atoms with E-state index < -0.39 is 45.0 Å². The second-order valence-corrected chi connectivity index (χ2v) is 17.2. The number of halogens is 2. The van der Waals surface area contributed by atoms with E-state index in [4.69, 9.17) is 37.4 Å². The Labute approximate surface area is 313 Å². The molecule has 0 fully saturated rings. The second-order valence-electron chi connectivity index (χ2n) is 14.7. The molecule has 52 heavy (non-hydrogen) atoms. The van der Waals surface area contributed by atoms with Crippen molar-refractivity contribution in [2.75, 3.05) is 22.8 Å². The van der Waals surface area contributed by atoms with E-state index in [0.717, 1.165) is 4.90 Å². The van der Waals surface area contributed by atoms with Crippen molar-refractivity contribution >= 4 is 73.9 Å². The number of amides is 3. The van der Waals surface area contributed by atoms with Crippen LogP contribution in [0, 0.1) is 0 Å². The highest BCUT2D eigenvalue weighted by Crippen LogP contribution is 2.28. The highest BCUT2D eigenvalue weighted by atomic mass is 35.5. The molecule has 2 heterocycles. The molecule has 1 N–H and O–H groups in total. The Morgan fingerprint density at radius 2 is 1.38 bits per heavy atom. The van der Waals surface area contributed by atoms with Crippen molar-refractivity contribution < 1.29 is 37.0 Å². The van der Waals surface area contributed by atoms with Gasteiger partial charge in [-0.2, -0.15) is 0 Å². The Morgan fingerprint density at radius 1 is 0.788 bits per heavy atom. The smallest absolute Gasteiger partial charge is 0.419 e. The number of aromatic nitrogens is 3. The van der Waals surface area contributed by atoms with Crippen molar-refractivity contribution in [3.05, 3.63) is 70.8 Å². The Kier molecular flexibility index (Phi) is 11.7. The van der Waals surface area contributed by atoms with E-state index in [9.17, 15) is 22.8 Å². The van der Waals surface area contributed by atoms with Gasteiger partial charge in [0, 0.05) is 32.9 Å². The number of nitrogens with one attached hydrogen (secondary N) is 1. The van der Waals surface area contributed by atoms with Crippen molar-refractivity contribution in [2.24, 2.45) is 0 Å². The average Bonchev–Trinajstić information content (AvgIpc) is 3.40. The summed E-state index contributed by atoms with van der Waals surface area (Å²) in [5.41, 5.74) is -1.55. The van der Waals surface area contributed by atoms with E-state index in [1.165, 1.54) is 23.1 Å². The van der Waals surface area contributed by atoms with E-state index in [1.807, 2.05) is 0 Å². The fourth-order valence-electron chi connectivity index (χ4n) is 4.76. The second kappa shape index (κ2) is 15.2. The maximum Gasteiger partial charge on any atom is 0.419 e. The number of carbonyl (C=O) groups is 3. The fourth-order valence-corrected chi connectivity index (χ4v) is 6.54. The SMILES string of the molecule is CC(C)(C)OC(=O)N(CCOC(=O)N(c1ccc(-n2ccc3cc(NS(=O)(=O)c4cc(Cl)cc(Cl)c4)ccc32)nn1)C(C)(C)C)C(=O)OC(C)(C)C. The normalized spacial score (nSPS) is 12.3. The van der Waals surface area contributed by atoms with Gasteiger partial charge in [0.1, 0.15) is 17.8 Å². The summed E-state index contributed by atoms with van der Waals surface area (Å²) in [6.07, 6.45) is -0.917. The average molecular weight is 778 g/mol. The van der Waals surface area contributed by atoms with Gasteiger partial charge < -0.3 is 14.2 Å². The number of hydrogen-bond acceptors (Lipinski definition) is 10. The zero-order valence-corrected chi connectivity index (χ0v) is 32.7. The number of ether oxygens (including phenoxy) is 3. The summed E-state index contributed by atoms with van der Waals surface area (Å²) in [5.74, 6) is 0.611. The topological polar surface area (TPSA) is 162 Å². The lowest BCUT2D eigenvalue weighted by atomic mass is 10.1. The van der Waals surface area contributed by atoms with Gasteiger partial charge in [-0.05, 0) is 117 Å². The third-order valence-corrected chi connectivity index (χ3v) is 8.62. The van der Waals surface area contributed by atoms with Crippen LogP contribution in [0.1, 0.15) is 62.3 Å². The summed E-state index contributed by atoms with van der Waals surface area (Å²) in [5, 5.41) is 9.74. The molecular weight excluding hydrogens is 735 g/mol. The van der Waals surface area contributed by atoms with Crippen LogP contribution < -0.4 is 9.62 Å². The summed E-state index contributed by atoms with van der Waals surface area (Å²) in [4.78, 5) is 41.1. The predicted molar refractivity (Wildman–Crippen MR) is 199 cm³/mol. The number of nitrogens with zero attached hydrogens (tertiary/aromatic N) is 5. The van der Waals surface area contributed by atoms with Crippen LogP contribution in [0.4, 0.5) is 25.9 Å². The molecule has 0 spiro atoms. The summed E-state index contributed by atoms with van der Waals surface area (Å²) in [7, 11) is -3.97. The van der Waals surface area contributed by atoms with Crippen molar-refractivity contribution in [1.82, 2.24) is 19.7 Å². The maximum absolute atomic E-state index is 13.4. The summed E-state index contributed by atoms with van der Waals surface area (Å²) in [6, 6.07) is 14.1. The Balaban J connectivity index is 1.50. The van der Waals surface area contributed by atoms with E-state index in [2.05, 4.69) is 14.9 Å². The minimum absolute atomic E-state index is 0.0743. The first-order valence-corrected chi connectivity index (χ1v) is 18.3. The van der Waals surface area contributed by atoms with Crippen LogP contribution in [-0.4, -0.2) is 76.3 Å². The summed E-state index contributed by atoms with van der Waals surface area (Å²) < 4.78 is 46.5. The number of hydrogen-bond donors (Lipinski definition) is 1. The molecule has 0 atom stereocenters. The number of fused-ring (bicyclic) bond motifs is 1. The number of carbonyl (C=O) groups excluding carboxylic acids is 3. The molecule has 4 rings (SSSR count). The first kappa shape index (κ1) is 40.2. The highest BCUT2D eigenvalue weighted by Gasteiger charge is 2.34. The number of imide groups is 1. The third-order valence-electron chi connectivity index (χ3n) is 6.82. The molecule has 280 valence electrons. The van der Waals surface area contributed by atoms with Crippen LogP contribution in [0.2, 0.25) is 10.0 Å². The monoisotopic (exact) mass is 776 g/mol. The van der Waals surface area contributed by atoms with Gasteiger partial charge in [-0.3, -0.25) is 14.2 Å². The molecule has 0 aliphatic heterocycles. The first-order valence-electron chi connectivity index (χ1n) is 16.1. The quantitative estimate of drug-likeness (QED) is 0.172. The van der Waals surface area contributed by atoms with E-state index >= 15 is 0 Å². The first-order chi connectivity index (χ1) is 23.9. The molecule has 0 saturated carbocycles. The van der Waals surface area contributed by atoms with Gasteiger partial charge >= 0.3 is 18.3 Å². The molecule has 2 aromatic heterocycles. The molecule has 0 aliphatic rings. The molecule has 2 aromatic carbocycles. The standard InChI is InChI=1S/C35H42Cl2N6O8S/c1-33(2,3)43(32(46)49-17-16-42(30(44)50-34(4,5)6)31(45)51-35(7,8)9)29-13-12-28(38-39-29)41-15-14-22-18-25(10-11-27(22)41)40-52(47,48)26-20-23(36)19-24(37)21-26/h10-15,18-21,40H,16-17H2,1-9H3. The van der Waals surface area contributed by atoms with E-state index in [1.54, 1.807) is 109 Å². The lowest BCUT2D eigenvalue weighted by molar-refractivity contribution is -0.00213. The van der Waals surface area contributed by atoms with Crippen molar-refractivity contribution in [3.63, 3.8) is 0 Å². The third kappa shape index (κ3) is 10.5. The summed E-state index contributed by atoms with van der Waals surface area (Å²) in [6.45, 7) is 14.6. The molecule has 17 heteroatoms. The van der Waals surface area contributed by atoms with Gasteiger partial charge in [0.2, 0.25) is 0 Å². The van der Waals surface area contributed by atoms with Gasteiger partial charge in [0.15, 0.2) is 11.6 Å². The lowest BCUT2D eigenvalue weighted by Gasteiger charge is -2.33. The minimum Gasteiger partial charge on any atom is -0.447 e. The summed E-state index contributed by atoms with van der Waals surface area (Å²) >= 11 is 12.0. The van der Waals surface area contributed by atoms with Crippen LogP contribution in [0.25, 0.3) is 16.7 Å². The Hall–Kier alpha value is -4.60. The number of rotatable bonds is 8. The van der Waals surface area contributed by atoms with Gasteiger partial charge in [-0.1, -0.05) is 23.2 Å². The van der Waals surface area contributed by atoms with Crippen LogP contribution in [0.5, 0.6) is 0 Å². The highest BCUT2D eigenvalue weighted by molar-refractivity contribution is 7.92. The molecule has 0 bridgehead atoms. The zero-order valence-electron chi connectivity index (χ0n) is 30.4. The zero-order chi connectivity index (χ0) is 38.8. The van der Waals surface area contributed by atoms with E-state index in [0.29, 0.717) is 22.4 Å². The van der Waals surface area contributed by atoms with Crippen LogP contribution in [0.15, 0.2) is 65.7 Å². The van der Waals surface area contributed by atoms with Crippen LogP contribution in [0.3, 0.4) is 0 Å². The minimum atomic E-state index is -3.97. The molecule has 3 amide bonds.